The van der Waals surface area contributed by atoms with E-state index in [-0.39, 0.29) is 6.15 Å². The first-order valence-electron chi connectivity index (χ1n) is 6.03. The third-order valence-corrected chi connectivity index (χ3v) is 3.55. The van der Waals surface area contributed by atoms with E-state index in [0.29, 0.717) is 6.61 Å². The molecule has 16 heavy (non-hydrogen) atoms. The lowest BCUT2D eigenvalue weighted by atomic mass is 9.71. The molecule has 90 valence electrons. The maximum absolute atomic E-state index is 8.80. The molecular weight excluding hydrogens is 198 g/mol. The molecule has 0 unspecified atom stereocenters. The van der Waals surface area contributed by atoms with Crippen molar-refractivity contribution < 1.29 is 5.11 Å². The fourth-order valence-electron chi connectivity index (χ4n) is 2.54. The predicted octanol–water partition coefficient (Wildman–Crippen LogP) is 3.19. The minimum absolute atomic E-state index is 0. The van der Waals surface area contributed by atoms with Gasteiger partial charge < -0.3 is 11.3 Å². The number of aliphatic hydroxyl groups excluding tert-OH is 1. The highest BCUT2D eigenvalue weighted by molar-refractivity contribution is 5.14. The maximum Gasteiger partial charge on any atom is 0.0433 e. The van der Waals surface area contributed by atoms with Gasteiger partial charge in [0.2, 0.25) is 0 Å². The van der Waals surface area contributed by atoms with Crippen LogP contribution in [0.1, 0.15) is 31.2 Å². The Morgan fingerprint density at radius 2 is 1.62 bits per heavy atom. The molecule has 1 fully saturated rings. The molecule has 0 spiro atoms. The van der Waals surface area contributed by atoms with Crippen LogP contribution in [0.5, 0.6) is 0 Å². The highest BCUT2D eigenvalue weighted by Gasteiger charge is 2.27. The summed E-state index contributed by atoms with van der Waals surface area (Å²) in [6, 6.07) is 10.7. The van der Waals surface area contributed by atoms with Gasteiger partial charge in [-0.15, -0.1) is 0 Å². The fraction of sp³-hybridized carbons (Fsp3) is 0.571. The largest absolute Gasteiger partial charge is 0.396 e. The van der Waals surface area contributed by atoms with Crippen LogP contribution in [0.15, 0.2) is 30.3 Å². The number of aryl methyl sites for hydroxylation is 1. The molecule has 0 saturated heterocycles. The Kier molecular flexibility index (Phi) is 5.50. The first-order valence-corrected chi connectivity index (χ1v) is 6.03. The molecule has 1 saturated carbocycles. The Balaban J connectivity index is 0.00000128. The second-order valence-electron chi connectivity index (χ2n) is 4.74. The van der Waals surface area contributed by atoms with Crippen molar-refractivity contribution in [2.24, 2.45) is 11.8 Å². The van der Waals surface area contributed by atoms with Crippen molar-refractivity contribution in [3.8, 4) is 0 Å². The monoisotopic (exact) mass is 221 g/mol. The summed E-state index contributed by atoms with van der Waals surface area (Å²) in [4.78, 5) is 0. The van der Waals surface area contributed by atoms with Crippen LogP contribution in [-0.4, -0.2) is 11.7 Å². The Morgan fingerprint density at radius 1 is 1.00 bits per heavy atom. The minimum atomic E-state index is 0. The van der Waals surface area contributed by atoms with Gasteiger partial charge in [0.05, 0.1) is 0 Å². The molecule has 2 nitrogen and oxygen atoms in total. The van der Waals surface area contributed by atoms with Crippen molar-refractivity contribution in [1.82, 2.24) is 6.15 Å². The molecule has 2 heteroatoms. The summed E-state index contributed by atoms with van der Waals surface area (Å²) in [5.41, 5.74) is 1.46. The zero-order chi connectivity index (χ0) is 10.5. The van der Waals surface area contributed by atoms with E-state index in [1.54, 1.807) is 0 Å². The van der Waals surface area contributed by atoms with E-state index >= 15 is 0 Å². The van der Waals surface area contributed by atoms with Crippen molar-refractivity contribution in [3.63, 3.8) is 0 Å². The van der Waals surface area contributed by atoms with E-state index in [4.69, 9.17) is 5.11 Å². The van der Waals surface area contributed by atoms with Crippen LogP contribution < -0.4 is 6.15 Å². The highest BCUT2D eigenvalue weighted by Crippen LogP contribution is 2.38. The topological polar surface area (TPSA) is 55.2 Å². The van der Waals surface area contributed by atoms with Gasteiger partial charge in [-0.2, -0.15) is 0 Å². The Morgan fingerprint density at radius 3 is 2.25 bits per heavy atom. The molecule has 2 rings (SSSR count). The molecule has 1 aromatic carbocycles. The molecule has 1 aromatic rings. The van der Waals surface area contributed by atoms with Gasteiger partial charge in [-0.1, -0.05) is 30.3 Å². The van der Waals surface area contributed by atoms with Gasteiger partial charge in [0.1, 0.15) is 0 Å². The van der Waals surface area contributed by atoms with Crippen LogP contribution in [0.25, 0.3) is 0 Å². The molecule has 0 heterocycles. The summed E-state index contributed by atoms with van der Waals surface area (Å²) in [6.07, 6.45) is 6.24. The quantitative estimate of drug-likeness (QED) is 0.802. The standard InChI is InChI=1S/C14H20O.H3N/c15-9-8-14-10-13(11-14)7-6-12-4-2-1-3-5-12;/h1-5,13-15H,6-11H2;1H3. The molecule has 0 bridgehead atoms. The SMILES string of the molecule is N.OCCC1CC(CCc2ccccc2)C1. The van der Waals surface area contributed by atoms with E-state index in [2.05, 4.69) is 30.3 Å². The molecule has 0 radical (unpaired) electrons. The van der Waals surface area contributed by atoms with Crippen molar-refractivity contribution in [2.75, 3.05) is 6.61 Å². The zero-order valence-corrected chi connectivity index (χ0v) is 9.94. The molecule has 4 N–H and O–H groups in total. The summed E-state index contributed by atoms with van der Waals surface area (Å²) in [6.45, 7) is 0.371. The van der Waals surface area contributed by atoms with E-state index in [0.717, 1.165) is 18.3 Å². The van der Waals surface area contributed by atoms with Crippen LogP contribution in [0.2, 0.25) is 0 Å². The van der Waals surface area contributed by atoms with Crippen LogP contribution in [0, 0.1) is 11.8 Å². The van der Waals surface area contributed by atoms with Gasteiger partial charge in [-0.25, -0.2) is 0 Å². The van der Waals surface area contributed by atoms with E-state index in [9.17, 15) is 0 Å². The number of rotatable bonds is 5. The third kappa shape index (κ3) is 3.62. The van der Waals surface area contributed by atoms with Gasteiger partial charge in [-0.3, -0.25) is 0 Å². The lowest BCUT2D eigenvalue weighted by Crippen LogP contribution is -2.24. The number of hydrogen-bond donors (Lipinski definition) is 2. The lowest BCUT2D eigenvalue weighted by Gasteiger charge is -2.35. The van der Waals surface area contributed by atoms with Crippen molar-refractivity contribution >= 4 is 0 Å². The molecule has 0 aromatic heterocycles. The van der Waals surface area contributed by atoms with Crippen molar-refractivity contribution in [3.05, 3.63) is 35.9 Å². The Hall–Kier alpha value is -0.860. The molecule has 1 aliphatic rings. The molecule has 0 atom stereocenters. The molecule has 0 aliphatic heterocycles. The zero-order valence-electron chi connectivity index (χ0n) is 9.94. The summed E-state index contributed by atoms with van der Waals surface area (Å²) in [7, 11) is 0. The average Bonchev–Trinajstić information content (AvgIpc) is 2.23. The normalized spacial score (nSPS) is 23.3. The molecule has 1 aliphatic carbocycles. The van der Waals surface area contributed by atoms with Crippen LogP contribution >= 0.6 is 0 Å². The molecule has 0 amide bonds. The van der Waals surface area contributed by atoms with E-state index in [1.165, 1.54) is 31.2 Å². The summed E-state index contributed by atoms with van der Waals surface area (Å²) >= 11 is 0. The van der Waals surface area contributed by atoms with Crippen LogP contribution in [0.3, 0.4) is 0 Å². The van der Waals surface area contributed by atoms with Crippen LogP contribution in [-0.2, 0) is 6.42 Å². The maximum atomic E-state index is 8.80. The third-order valence-electron chi connectivity index (χ3n) is 3.55. The van der Waals surface area contributed by atoms with E-state index < -0.39 is 0 Å². The number of benzene rings is 1. The van der Waals surface area contributed by atoms with Crippen LogP contribution in [0.4, 0.5) is 0 Å². The van der Waals surface area contributed by atoms with Gasteiger partial charge in [0, 0.05) is 6.61 Å². The predicted molar refractivity (Wildman–Crippen MR) is 67.7 cm³/mol. The van der Waals surface area contributed by atoms with Crippen molar-refractivity contribution in [1.29, 1.82) is 0 Å². The average molecular weight is 221 g/mol. The summed E-state index contributed by atoms with van der Waals surface area (Å²) < 4.78 is 0. The van der Waals surface area contributed by atoms with E-state index in [1.807, 2.05) is 0 Å². The van der Waals surface area contributed by atoms with Gasteiger partial charge in [0.25, 0.3) is 0 Å². The first-order chi connectivity index (χ1) is 7.38. The Bertz CT molecular complexity index is 280. The summed E-state index contributed by atoms with van der Waals surface area (Å²) in [5, 5.41) is 8.80. The Labute approximate surface area is 98.3 Å². The smallest absolute Gasteiger partial charge is 0.0433 e. The first kappa shape index (κ1) is 13.2. The number of hydrogen-bond acceptors (Lipinski definition) is 2. The number of aliphatic hydroxyl groups is 1. The lowest BCUT2D eigenvalue weighted by molar-refractivity contribution is 0.139. The van der Waals surface area contributed by atoms with Gasteiger partial charge in [-0.05, 0) is 49.5 Å². The second-order valence-corrected chi connectivity index (χ2v) is 4.74. The van der Waals surface area contributed by atoms with Gasteiger partial charge in [0.15, 0.2) is 0 Å². The summed E-state index contributed by atoms with van der Waals surface area (Å²) in [5.74, 6) is 1.73. The van der Waals surface area contributed by atoms with Crippen molar-refractivity contribution in [2.45, 2.75) is 32.1 Å². The minimum Gasteiger partial charge on any atom is -0.396 e. The van der Waals surface area contributed by atoms with Gasteiger partial charge >= 0.3 is 0 Å². The highest BCUT2D eigenvalue weighted by atomic mass is 16.3. The molecular formula is C14H23NO. The second kappa shape index (κ2) is 6.66. The fourth-order valence-corrected chi connectivity index (χ4v) is 2.54.